The summed E-state index contributed by atoms with van der Waals surface area (Å²) in [5.74, 6) is 1.99. The number of halogens is 2. The Morgan fingerprint density at radius 2 is 2.17 bits per heavy atom. The van der Waals surface area contributed by atoms with Crippen molar-refractivity contribution in [2.75, 3.05) is 11.5 Å². The average Bonchev–Trinajstić information content (AvgIpc) is 2.34. The standard InChI is InChI=1S/C13H16BrFOS2/c1-8-13(18-5-4-17-8)12(16)7-9-6-10(15)2-3-11(9)14/h2-3,6,8,12-13,16H,4-5,7H2,1H3. The Hall–Kier alpha value is 0.290. The molecule has 1 aliphatic rings. The Kier molecular flexibility index (Phi) is 5.42. The lowest BCUT2D eigenvalue weighted by atomic mass is 10.0. The minimum atomic E-state index is -0.420. The van der Waals surface area contributed by atoms with Crippen molar-refractivity contribution in [3.63, 3.8) is 0 Å². The average molecular weight is 351 g/mol. The number of benzene rings is 1. The molecule has 1 heterocycles. The van der Waals surface area contributed by atoms with Gasteiger partial charge < -0.3 is 5.11 Å². The molecule has 18 heavy (non-hydrogen) atoms. The smallest absolute Gasteiger partial charge is 0.123 e. The maximum Gasteiger partial charge on any atom is 0.123 e. The third kappa shape index (κ3) is 3.65. The lowest BCUT2D eigenvalue weighted by Gasteiger charge is -2.31. The summed E-state index contributed by atoms with van der Waals surface area (Å²) in [5.41, 5.74) is 0.839. The van der Waals surface area contributed by atoms with Crippen LogP contribution in [-0.2, 0) is 6.42 Å². The molecule has 1 aromatic carbocycles. The molecule has 0 aromatic heterocycles. The van der Waals surface area contributed by atoms with Crippen LogP contribution >= 0.6 is 39.5 Å². The second-order valence-electron chi connectivity index (χ2n) is 4.42. The molecule has 1 aliphatic heterocycles. The zero-order valence-corrected chi connectivity index (χ0v) is 13.3. The minimum Gasteiger partial charge on any atom is -0.392 e. The molecule has 5 heteroatoms. The SMILES string of the molecule is CC1SCCSC1C(O)Cc1cc(F)ccc1Br. The van der Waals surface area contributed by atoms with Gasteiger partial charge in [0.2, 0.25) is 0 Å². The van der Waals surface area contributed by atoms with Crippen molar-refractivity contribution in [2.45, 2.75) is 29.9 Å². The fourth-order valence-corrected chi connectivity index (χ4v) is 5.37. The Balaban J connectivity index is 2.05. The number of hydrogen-bond acceptors (Lipinski definition) is 3. The van der Waals surface area contributed by atoms with Crippen LogP contribution in [0.25, 0.3) is 0 Å². The Morgan fingerprint density at radius 1 is 1.44 bits per heavy atom. The van der Waals surface area contributed by atoms with Gasteiger partial charge in [-0.15, -0.1) is 0 Å². The minimum absolute atomic E-state index is 0.235. The lowest BCUT2D eigenvalue weighted by molar-refractivity contribution is 0.171. The summed E-state index contributed by atoms with van der Waals surface area (Å²) in [5, 5.41) is 11.0. The summed E-state index contributed by atoms with van der Waals surface area (Å²) < 4.78 is 14.1. The monoisotopic (exact) mass is 350 g/mol. The van der Waals surface area contributed by atoms with Gasteiger partial charge in [0.15, 0.2) is 0 Å². The first-order valence-electron chi connectivity index (χ1n) is 5.93. The van der Waals surface area contributed by atoms with Crippen LogP contribution < -0.4 is 0 Å². The Bertz CT molecular complexity index is 416. The molecule has 100 valence electrons. The summed E-state index contributed by atoms with van der Waals surface area (Å²) in [6.45, 7) is 2.16. The topological polar surface area (TPSA) is 20.2 Å². The second-order valence-corrected chi connectivity index (χ2v) is 8.04. The molecule has 0 spiro atoms. The number of aliphatic hydroxyl groups excluding tert-OH is 1. The highest BCUT2D eigenvalue weighted by Crippen LogP contribution is 2.34. The molecular weight excluding hydrogens is 335 g/mol. The molecule has 1 nitrogen and oxygen atoms in total. The van der Waals surface area contributed by atoms with Gasteiger partial charge in [0.1, 0.15) is 5.82 Å². The van der Waals surface area contributed by atoms with Crippen molar-refractivity contribution in [3.05, 3.63) is 34.1 Å². The van der Waals surface area contributed by atoms with Crippen molar-refractivity contribution < 1.29 is 9.50 Å². The van der Waals surface area contributed by atoms with Gasteiger partial charge in [-0.05, 0) is 23.8 Å². The van der Waals surface area contributed by atoms with Crippen LogP contribution in [0.5, 0.6) is 0 Å². The first-order chi connectivity index (χ1) is 8.58. The molecular formula is C13H16BrFOS2. The van der Waals surface area contributed by atoms with Gasteiger partial charge in [-0.1, -0.05) is 22.9 Å². The summed E-state index contributed by atoms with van der Waals surface area (Å²) in [4.78, 5) is 0. The molecule has 1 fully saturated rings. The Labute approximate surface area is 124 Å². The maximum absolute atomic E-state index is 13.2. The third-order valence-corrected chi connectivity index (χ3v) is 7.06. The van der Waals surface area contributed by atoms with Gasteiger partial charge in [-0.3, -0.25) is 0 Å². The van der Waals surface area contributed by atoms with Crippen LogP contribution in [0.1, 0.15) is 12.5 Å². The largest absolute Gasteiger partial charge is 0.392 e. The summed E-state index contributed by atoms with van der Waals surface area (Å²) in [6.07, 6.45) is 0.0804. The highest BCUT2D eigenvalue weighted by molar-refractivity contribution is 9.10. The molecule has 3 atom stereocenters. The number of thioether (sulfide) groups is 2. The van der Waals surface area contributed by atoms with E-state index in [2.05, 4.69) is 22.9 Å². The van der Waals surface area contributed by atoms with E-state index in [4.69, 9.17) is 0 Å². The van der Waals surface area contributed by atoms with Crippen LogP contribution in [0.4, 0.5) is 4.39 Å². The highest BCUT2D eigenvalue weighted by atomic mass is 79.9. The van der Waals surface area contributed by atoms with E-state index < -0.39 is 6.10 Å². The second kappa shape index (κ2) is 6.64. The number of rotatable bonds is 3. The fourth-order valence-electron chi connectivity index (χ4n) is 2.11. The van der Waals surface area contributed by atoms with Crippen LogP contribution in [0.2, 0.25) is 0 Å². The van der Waals surface area contributed by atoms with E-state index in [9.17, 15) is 9.50 Å². The van der Waals surface area contributed by atoms with Gasteiger partial charge in [0, 0.05) is 32.9 Å². The fraction of sp³-hybridized carbons (Fsp3) is 0.538. The van der Waals surface area contributed by atoms with Crippen molar-refractivity contribution in [1.82, 2.24) is 0 Å². The zero-order chi connectivity index (χ0) is 13.1. The first-order valence-corrected chi connectivity index (χ1v) is 8.82. The van der Waals surface area contributed by atoms with Crippen LogP contribution in [0.15, 0.2) is 22.7 Å². The highest BCUT2D eigenvalue weighted by Gasteiger charge is 2.29. The molecule has 3 unspecified atom stereocenters. The maximum atomic E-state index is 13.2. The van der Waals surface area contributed by atoms with Crippen LogP contribution in [-0.4, -0.2) is 33.2 Å². The summed E-state index contributed by atoms with van der Waals surface area (Å²) in [7, 11) is 0. The van der Waals surface area contributed by atoms with E-state index in [1.807, 2.05) is 23.5 Å². The molecule has 0 bridgehead atoms. The van der Waals surface area contributed by atoms with Crippen LogP contribution in [0.3, 0.4) is 0 Å². The van der Waals surface area contributed by atoms with Crippen molar-refractivity contribution in [1.29, 1.82) is 0 Å². The molecule has 0 saturated carbocycles. The van der Waals surface area contributed by atoms with E-state index in [-0.39, 0.29) is 11.1 Å². The van der Waals surface area contributed by atoms with E-state index in [0.717, 1.165) is 21.5 Å². The van der Waals surface area contributed by atoms with Gasteiger partial charge in [0.05, 0.1) is 6.10 Å². The molecule has 1 N–H and O–H groups in total. The van der Waals surface area contributed by atoms with Gasteiger partial charge >= 0.3 is 0 Å². The third-order valence-electron chi connectivity index (χ3n) is 3.05. The molecule has 0 aliphatic carbocycles. The van der Waals surface area contributed by atoms with E-state index in [0.29, 0.717) is 11.7 Å². The molecule has 1 saturated heterocycles. The quantitative estimate of drug-likeness (QED) is 0.896. The van der Waals surface area contributed by atoms with Crippen LogP contribution in [0, 0.1) is 5.82 Å². The molecule has 1 aromatic rings. The van der Waals surface area contributed by atoms with Gasteiger partial charge in [0.25, 0.3) is 0 Å². The normalized spacial score (nSPS) is 26.0. The summed E-state index contributed by atoms with van der Waals surface area (Å²) >= 11 is 7.14. The predicted molar refractivity (Wildman–Crippen MR) is 82.0 cm³/mol. The molecule has 0 amide bonds. The summed E-state index contributed by atoms with van der Waals surface area (Å²) in [6, 6.07) is 4.62. The first kappa shape index (κ1) is 14.7. The predicted octanol–water partition coefficient (Wildman–Crippen LogP) is 3.73. The van der Waals surface area contributed by atoms with E-state index in [1.165, 1.54) is 12.1 Å². The lowest BCUT2D eigenvalue weighted by Crippen LogP contribution is -2.36. The Morgan fingerprint density at radius 3 is 2.89 bits per heavy atom. The van der Waals surface area contributed by atoms with Gasteiger partial charge in [-0.2, -0.15) is 23.5 Å². The van der Waals surface area contributed by atoms with E-state index >= 15 is 0 Å². The molecule has 0 radical (unpaired) electrons. The van der Waals surface area contributed by atoms with Crippen molar-refractivity contribution in [3.8, 4) is 0 Å². The van der Waals surface area contributed by atoms with Crippen molar-refractivity contribution in [2.24, 2.45) is 0 Å². The molecule has 2 rings (SSSR count). The van der Waals surface area contributed by atoms with Crippen molar-refractivity contribution >= 4 is 39.5 Å². The van der Waals surface area contributed by atoms with Gasteiger partial charge in [-0.25, -0.2) is 4.39 Å². The number of aliphatic hydroxyl groups is 1. The number of hydrogen-bond donors (Lipinski definition) is 1. The van der Waals surface area contributed by atoms with E-state index in [1.54, 1.807) is 6.07 Å². The zero-order valence-electron chi connectivity index (χ0n) is 10.1.